The predicted octanol–water partition coefficient (Wildman–Crippen LogP) is 1.69. The second-order valence-electron chi connectivity index (χ2n) is 5.76. The van der Waals surface area contributed by atoms with Gasteiger partial charge in [-0.25, -0.2) is 0 Å². The van der Waals surface area contributed by atoms with Gasteiger partial charge in [-0.3, -0.25) is 14.5 Å². The predicted molar refractivity (Wildman–Crippen MR) is 96.7 cm³/mol. The third kappa shape index (κ3) is 5.63. The molecule has 2 rings (SSSR count). The average molecular weight is 373 g/mol. The molecule has 1 aliphatic heterocycles. The molecule has 132 valence electrons. The van der Waals surface area contributed by atoms with E-state index in [4.69, 9.17) is 23.2 Å². The molecule has 0 saturated carbocycles. The molecule has 0 radical (unpaired) electrons. The Hall–Kier alpha value is -1.34. The molecule has 1 aromatic rings. The number of anilines is 1. The molecule has 6 nitrogen and oxygen atoms in total. The van der Waals surface area contributed by atoms with Gasteiger partial charge in [-0.1, -0.05) is 29.3 Å². The van der Waals surface area contributed by atoms with Crippen LogP contribution in [0.2, 0.25) is 10.0 Å². The molecule has 0 aliphatic carbocycles. The Bertz CT molecular complexity index is 571. The van der Waals surface area contributed by atoms with E-state index in [0.717, 1.165) is 26.2 Å². The molecule has 0 atom stereocenters. The van der Waals surface area contributed by atoms with Gasteiger partial charge >= 0.3 is 0 Å². The van der Waals surface area contributed by atoms with Crippen molar-refractivity contribution in [2.45, 2.75) is 6.42 Å². The van der Waals surface area contributed by atoms with Crippen LogP contribution in [0.1, 0.15) is 6.42 Å². The van der Waals surface area contributed by atoms with Crippen molar-refractivity contribution in [3.05, 3.63) is 28.2 Å². The maximum atomic E-state index is 12.2. The molecule has 1 aliphatic rings. The second kappa shape index (κ2) is 9.22. The van der Waals surface area contributed by atoms with Crippen LogP contribution in [0, 0.1) is 0 Å². The van der Waals surface area contributed by atoms with Gasteiger partial charge in [0.05, 0.1) is 22.3 Å². The number of carbonyl (C=O) groups excluding carboxylic acids is 2. The van der Waals surface area contributed by atoms with Crippen molar-refractivity contribution in [2.75, 3.05) is 51.6 Å². The zero-order valence-electron chi connectivity index (χ0n) is 13.6. The Morgan fingerprint density at radius 3 is 2.50 bits per heavy atom. The van der Waals surface area contributed by atoms with Crippen LogP contribution in [-0.2, 0) is 9.59 Å². The van der Waals surface area contributed by atoms with Crippen LogP contribution in [-0.4, -0.2) is 67.9 Å². The lowest BCUT2D eigenvalue weighted by Crippen LogP contribution is -2.49. The maximum absolute atomic E-state index is 12.2. The van der Waals surface area contributed by atoms with Crippen LogP contribution in [0.25, 0.3) is 0 Å². The molecule has 0 aromatic heterocycles. The summed E-state index contributed by atoms with van der Waals surface area (Å²) in [5.74, 6) is -0.0972. The fourth-order valence-corrected chi connectivity index (χ4v) is 2.93. The number of halogens is 2. The molecule has 0 unspecified atom stereocenters. The van der Waals surface area contributed by atoms with Gasteiger partial charge in [0.1, 0.15) is 0 Å². The third-order valence-electron chi connectivity index (χ3n) is 3.82. The molecule has 0 spiro atoms. The summed E-state index contributed by atoms with van der Waals surface area (Å²) in [6, 6.07) is 5.05. The zero-order chi connectivity index (χ0) is 17.5. The largest absolute Gasteiger partial charge is 0.339 e. The van der Waals surface area contributed by atoms with Crippen LogP contribution in [0.4, 0.5) is 5.69 Å². The topological polar surface area (TPSA) is 64.7 Å². The van der Waals surface area contributed by atoms with Crippen molar-refractivity contribution in [1.29, 1.82) is 0 Å². The van der Waals surface area contributed by atoms with Crippen molar-refractivity contribution >= 4 is 40.7 Å². The number of hydrogen-bond acceptors (Lipinski definition) is 4. The van der Waals surface area contributed by atoms with E-state index in [1.54, 1.807) is 18.2 Å². The van der Waals surface area contributed by atoms with E-state index in [1.165, 1.54) is 0 Å². The number of nitrogens with one attached hydrogen (secondary N) is 2. The lowest BCUT2D eigenvalue weighted by atomic mass is 10.3. The van der Waals surface area contributed by atoms with E-state index in [9.17, 15) is 9.59 Å². The van der Waals surface area contributed by atoms with Gasteiger partial charge in [0.2, 0.25) is 11.8 Å². The lowest BCUT2D eigenvalue weighted by molar-refractivity contribution is -0.133. The van der Waals surface area contributed by atoms with Gasteiger partial charge in [0.25, 0.3) is 0 Å². The third-order valence-corrected chi connectivity index (χ3v) is 4.45. The summed E-state index contributed by atoms with van der Waals surface area (Å²) < 4.78 is 0. The SMILES string of the molecule is CN(CCC(=O)Nc1c(Cl)cccc1Cl)CC(=O)N1CCNCC1. The standard InChI is InChI=1S/C16H22Cl2N4O2/c1-21(11-15(24)22-9-6-19-7-10-22)8-5-14(23)20-16-12(17)3-2-4-13(16)18/h2-4,19H,5-11H2,1H3,(H,20,23). The monoisotopic (exact) mass is 372 g/mol. The van der Waals surface area contributed by atoms with Crippen LogP contribution in [0.5, 0.6) is 0 Å². The van der Waals surface area contributed by atoms with E-state index >= 15 is 0 Å². The molecule has 24 heavy (non-hydrogen) atoms. The molecule has 0 bridgehead atoms. The van der Waals surface area contributed by atoms with Crippen LogP contribution >= 0.6 is 23.2 Å². The first kappa shape index (κ1) is 19.0. The number of likely N-dealkylation sites (N-methyl/N-ethyl adjacent to an activating group) is 1. The Morgan fingerprint density at radius 1 is 1.25 bits per heavy atom. The van der Waals surface area contributed by atoms with E-state index in [-0.39, 0.29) is 18.2 Å². The number of benzene rings is 1. The Labute approximate surface area is 152 Å². The van der Waals surface area contributed by atoms with Crippen molar-refractivity contribution in [1.82, 2.24) is 15.1 Å². The summed E-state index contributed by atoms with van der Waals surface area (Å²) in [6.07, 6.45) is 0.257. The minimum Gasteiger partial charge on any atom is -0.339 e. The first-order valence-electron chi connectivity index (χ1n) is 7.88. The zero-order valence-corrected chi connectivity index (χ0v) is 15.2. The maximum Gasteiger partial charge on any atom is 0.236 e. The lowest BCUT2D eigenvalue weighted by Gasteiger charge is -2.29. The number of piperazine rings is 1. The highest BCUT2D eigenvalue weighted by molar-refractivity contribution is 6.39. The fraction of sp³-hybridized carbons (Fsp3) is 0.500. The first-order valence-corrected chi connectivity index (χ1v) is 8.64. The Kier molecular flexibility index (Phi) is 7.30. The normalized spacial score (nSPS) is 14.8. The number of amides is 2. The van der Waals surface area contributed by atoms with Crippen molar-refractivity contribution in [2.24, 2.45) is 0 Å². The van der Waals surface area contributed by atoms with E-state index in [2.05, 4.69) is 10.6 Å². The van der Waals surface area contributed by atoms with Crippen molar-refractivity contribution in [3.8, 4) is 0 Å². The fourth-order valence-electron chi connectivity index (χ4n) is 2.44. The van der Waals surface area contributed by atoms with E-state index < -0.39 is 0 Å². The molecular weight excluding hydrogens is 351 g/mol. The van der Waals surface area contributed by atoms with Crippen molar-refractivity contribution in [3.63, 3.8) is 0 Å². The molecule has 2 N–H and O–H groups in total. The van der Waals surface area contributed by atoms with Gasteiger partial charge in [-0.2, -0.15) is 0 Å². The Balaban J connectivity index is 1.75. The number of rotatable bonds is 6. The summed E-state index contributed by atoms with van der Waals surface area (Å²) in [6.45, 7) is 3.91. The number of carbonyl (C=O) groups is 2. The molecule has 1 aromatic carbocycles. The van der Waals surface area contributed by atoms with Crippen LogP contribution in [0.3, 0.4) is 0 Å². The second-order valence-corrected chi connectivity index (χ2v) is 6.58. The summed E-state index contributed by atoms with van der Waals surface area (Å²) in [7, 11) is 1.83. The quantitative estimate of drug-likeness (QED) is 0.797. The van der Waals surface area contributed by atoms with Crippen LogP contribution in [0.15, 0.2) is 18.2 Å². The van der Waals surface area contributed by atoms with Gasteiger partial charge in [-0.15, -0.1) is 0 Å². The van der Waals surface area contributed by atoms with Crippen molar-refractivity contribution < 1.29 is 9.59 Å². The smallest absolute Gasteiger partial charge is 0.236 e. The molecule has 1 fully saturated rings. The van der Waals surface area contributed by atoms with E-state index in [1.807, 2.05) is 16.8 Å². The molecule has 8 heteroatoms. The average Bonchev–Trinajstić information content (AvgIpc) is 2.57. The van der Waals surface area contributed by atoms with Gasteiger partial charge in [0.15, 0.2) is 0 Å². The minimum absolute atomic E-state index is 0.0913. The van der Waals surface area contributed by atoms with Gasteiger partial charge in [0, 0.05) is 39.1 Å². The number of para-hydroxylation sites is 1. The van der Waals surface area contributed by atoms with E-state index in [0.29, 0.717) is 28.8 Å². The Morgan fingerprint density at radius 2 is 1.88 bits per heavy atom. The molecule has 1 saturated heterocycles. The number of hydrogen-bond donors (Lipinski definition) is 2. The molecule has 2 amide bonds. The minimum atomic E-state index is -0.188. The highest BCUT2D eigenvalue weighted by Gasteiger charge is 2.18. The first-order chi connectivity index (χ1) is 11.5. The summed E-state index contributed by atoms with van der Waals surface area (Å²) >= 11 is 12.1. The summed E-state index contributed by atoms with van der Waals surface area (Å²) in [5, 5.41) is 6.73. The molecule has 1 heterocycles. The van der Waals surface area contributed by atoms with Gasteiger partial charge < -0.3 is 15.5 Å². The highest BCUT2D eigenvalue weighted by Crippen LogP contribution is 2.29. The van der Waals surface area contributed by atoms with Crippen LogP contribution < -0.4 is 10.6 Å². The van der Waals surface area contributed by atoms with Gasteiger partial charge in [-0.05, 0) is 19.2 Å². The molecular formula is C16H22Cl2N4O2. The number of nitrogens with zero attached hydrogens (tertiary/aromatic N) is 2. The summed E-state index contributed by atoms with van der Waals surface area (Å²) in [5.41, 5.74) is 0.422. The summed E-state index contributed by atoms with van der Waals surface area (Å²) in [4.78, 5) is 27.9. The highest BCUT2D eigenvalue weighted by atomic mass is 35.5.